The van der Waals surface area contributed by atoms with E-state index in [-0.39, 0.29) is 6.04 Å². The second kappa shape index (κ2) is 5.46. The molecule has 7 heteroatoms. The zero-order valence-corrected chi connectivity index (χ0v) is 13.2. The lowest BCUT2D eigenvalue weighted by atomic mass is 9.97. The maximum atomic E-state index is 11.6. The van der Waals surface area contributed by atoms with Crippen molar-refractivity contribution >= 4 is 17.6 Å². The van der Waals surface area contributed by atoms with Crippen LogP contribution in [0.2, 0.25) is 0 Å². The van der Waals surface area contributed by atoms with E-state index in [2.05, 4.69) is 10.00 Å². The van der Waals surface area contributed by atoms with Crippen LogP contribution in [0, 0.1) is 0 Å². The zero-order chi connectivity index (χ0) is 15.8. The third-order valence-electron chi connectivity index (χ3n) is 3.92. The van der Waals surface area contributed by atoms with Gasteiger partial charge in [0.1, 0.15) is 5.82 Å². The Hall–Kier alpha value is -1.92. The molecule has 0 saturated carbocycles. The molecular formula is C14H25N5O2. The van der Waals surface area contributed by atoms with Crippen LogP contribution in [0.25, 0.3) is 0 Å². The maximum Gasteiger partial charge on any atom is 0.408 e. The predicted octanol–water partition coefficient (Wildman–Crippen LogP) is 1.75. The van der Waals surface area contributed by atoms with Crippen molar-refractivity contribution in [2.45, 2.75) is 45.2 Å². The van der Waals surface area contributed by atoms with Gasteiger partial charge in [-0.2, -0.15) is 5.10 Å². The van der Waals surface area contributed by atoms with Crippen LogP contribution in [-0.4, -0.2) is 50.6 Å². The molecule has 0 spiro atoms. The number of piperidine rings is 1. The number of amides is 1. The van der Waals surface area contributed by atoms with Gasteiger partial charge in [0, 0.05) is 25.7 Å². The molecule has 1 atom stereocenters. The molecule has 1 aromatic rings. The summed E-state index contributed by atoms with van der Waals surface area (Å²) in [5.41, 5.74) is 6.20. The number of nitrogens with two attached hydrogens (primary N) is 1. The minimum atomic E-state index is -0.868. The number of hydrogen-bond donors (Lipinski definition) is 2. The second-order valence-electron chi connectivity index (χ2n) is 6.61. The Bertz CT molecular complexity index is 500. The summed E-state index contributed by atoms with van der Waals surface area (Å²) >= 11 is 0. The summed E-state index contributed by atoms with van der Waals surface area (Å²) < 4.78 is 1.75. The number of anilines is 2. The quantitative estimate of drug-likeness (QED) is 0.868. The van der Waals surface area contributed by atoms with E-state index < -0.39 is 11.6 Å². The Labute approximate surface area is 125 Å². The van der Waals surface area contributed by atoms with Crippen molar-refractivity contribution in [3.05, 3.63) is 6.20 Å². The van der Waals surface area contributed by atoms with Crippen LogP contribution in [0.1, 0.15) is 33.6 Å². The minimum Gasteiger partial charge on any atom is -0.465 e. The molecule has 3 N–H and O–H groups in total. The molecule has 0 aliphatic carbocycles. The molecule has 118 valence electrons. The fourth-order valence-electron chi connectivity index (χ4n) is 3.18. The Kier molecular flexibility index (Phi) is 4.02. The number of carbonyl (C=O) groups is 1. The average molecular weight is 295 g/mol. The summed E-state index contributed by atoms with van der Waals surface area (Å²) in [5.74, 6) is 0.874. The van der Waals surface area contributed by atoms with Crippen LogP contribution in [-0.2, 0) is 7.05 Å². The average Bonchev–Trinajstić information content (AvgIpc) is 2.67. The highest BCUT2D eigenvalue weighted by molar-refractivity contribution is 5.67. The lowest BCUT2D eigenvalue weighted by molar-refractivity contribution is 0.0647. The SMILES string of the molecule is Cn1ncc(N)c1N1CCCC(N(C(=O)O)C(C)(C)C)C1. The number of nitrogens with zero attached hydrogens (tertiary/aromatic N) is 4. The molecule has 0 radical (unpaired) electrons. The normalized spacial score (nSPS) is 19.6. The van der Waals surface area contributed by atoms with Crippen LogP contribution < -0.4 is 10.6 Å². The van der Waals surface area contributed by atoms with Gasteiger partial charge in [0.05, 0.1) is 17.9 Å². The zero-order valence-electron chi connectivity index (χ0n) is 13.2. The summed E-state index contributed by atoms with van der Waals surface area (Å²) in [4.78, 5) is 15.3. The molecule has 1 aliphatic heterocycles. The lowest BCUT2D eigenvalue weighted by Crippen LogP contribution is -2.57. The topological polar surface area (TPSA) is 87.6 Å². The Morgan fingerprint density at radius 1 is 1.52 bits per heavy atom. The number of aromatic nitrogens is 2. The Morgan fingerprint density at radius 3 is 2.67 bits per heavy atom. The van der Waals surface area contributed by atoms with Gasteiger partial charge in [-0.05, 0) is 33.6 Å². The number of carboxylic acid groups (broad SMARTS) is 1. The minimum absolute atomic E-state index is 0.0365. The number of nitrogen functional groups attached to an aromatic ring is 1. The molecule has 1 unspecified atom stereocenters. The predicted molar refractivity (Wildman–Crippen MR) is 82.5 cm³/mol. The van der Waals surface area contributed by atoms with E-state index in [0.717, 1.165) is 25.2 Å². The van der Waals surface area contributed by atoms with Crippen molar-refractivity contribution in [1.29, 1.82) is 0 Å². The summed E-state index contributed by atoms with van der Waals surface area (Å²) in [6.45, 7) is 7.31. The molecule has 0 aromatic carbocycles. The molecule has 1 fully saturated rings. The van der Waals surface area contributed by atoms with Crippen molar-refractivity contribution in [3.63, 3.8) is 0 Å². The van der Waals surface area contributed by atoms with E-state index in [1.54, 1.807) is 15.8 Å². The highest BCUT2D eigenvalue weighted by Gasteiger charge is 2.36. The molecule has 1 aromatic heterocycles. The molecule has 7 nitrogen and oxygen atoms in total. The van der Waals surface area contributed by atoms with E-state index in [0.29, 0.717) is 12.2 Å². The molecule has 2 heterocycles. The smallest absolute Gasteiger partial charge is 0.408 e. The van der Waals surface area contributed by atoms with Gasteiger partial charge in [-0.25, -0.2) is 4.79 Å². The summed E-state index contributed by atoms with van der Waals surface area (Å²) in [6.07, 6.45) is 2.58. The number of rotatable bonds is 2. The fourth-order valence-corrected chi connectivity index (χ4v) is 3.18. The van der Waals surface area contributed by atoms with Crippen LogP contribution >= 0.6 is 0 Å². The molecule has 1 amide bonds. The molecule has 2 rings (SSSR count). The van der Waals surface area contributed by atoms with Crippen LogP contribution in [0.3, 0.4) is 0 Å². The van der Waals surface area contributed by atoms with Gasteiger partial charge < -0.3 is 15.7 Å². The van der Waals surface area contributed by atoms with E-state index in [9.17, 15) is 9.90 Å². The highest BCUT2D eigenvalue weighted by atomic mass is 16.4. The first-order valence-electron chi connectivity index (χ1n) is 7.26. The van der Waals surface area contributed by atoms with E-state index in [1.807, 2.05) is 27.8 Å². The summed E-state index contributed by atoms with van der Waals surface area (Å²) in [6, 6.07) is -0.0365. The molecule has 1 saturated heterocycles. The van der Waals surface area contributed by atoms with Gasteiger partial charge in [-0.15, -0.1) is 0 Å². The first kappa shape index (κ1) is 15.5. The van der Waals surface area contributed by atoms with Crippen molar-refractivity contribution in [2.75, 3.05) is 23.7 Å². The second-order valence-corrected chi connectivity index (χ2v) is 6.61. The van der Waals surface area contributed by atoms with Gasteiger partial charge >= 0.3 is 6.09 Å². The van der Waals surface area contributed by atoms with E-state index >= 15 is 0 Å². The van der Waals surface area contributed by atoms with Crippen molar-refractivity contribution < 1.29 is 9.90 Å². The van der Waals surface area contributed by atoms with E-state index in [1.165, 1.54) is 0 Å². The molecule has 0 bridgehead atoms. The van der Waals surface area contributed by atoms with Gasteiger partial charge in [-0.3, -0.25) is 9.58 Å². The third-order valence-corrected chi connectivity index (χ3v) is 3.92. The monoisotopic (exact) mass is 295 g/mol. The van der Waals surface area contributed by atoms with Gasteiger partial charge in [0.15, 0.2) is 0 Å². The van der Waals surface area contributed by atoms with Crippen molar-refractivity contribution in [1.82, 2.24) is 14.7 Å². The van der Waals surface area contributed by atoms with Gasteiger partial charge in [0.25, 0.3) is 0 Å². The highest BCUT2D eigenvalue weighted by Crippen LogP contribution is 2.29. The summed E-state index contributed by atoms with van der Waals surface area (Å²) in [7, 11) is 1.86. The van der Waals surface area contributed by atoms with Crippen LogP contribution in [0.4, 0.5) is 16.3 Å². The first-order valence-corrected chi connectivity index (χ1v) is 7.26. The molecule has 21 heavy (non-hydrogen) atoms. The first-order chi connectivity index (χ1) is 9.71. The standard InChI is InChI=1S/C14H25N5O2/c1-14(2,3)19(13(20)21)10-6-5-7-18(9-10)12-11(15)8-16-17(12)4/h8,10H,5-7,9,15H2,1-4H3,(H,20,21). The fraction of sp³-hybridized carbons (Fsp3) is 0.714. The Morgan fingerprint density at radius 2 is 2.19 bits per heavy atom. The molecular weight excluding hydrogens is 270 g/mol. The van der Waals surface area contributed by atoms with Crippen molar-refractivity contribution in [3.8, 4) is 0 Å². The maximum absolute atomic E-state index is 11.6. The summed E-state index contributed by atoms with van der Waals surface area (Å²) in [5, 5.41) is 13.7. The van der Waals surface area contributed by atoms with Gasteiger partial charge in [-0.1, -0.05) is 0 Å². The number of aryl methyl sites for hydroxylation is 1. The Balaban J connectivity index is 2.23. The lowest BCUT2D eigenvalue weighted by Gasteiger charge is -2.44. The van der Waals surface area contributed by atoms with Crippen molar-refractivity contribution in [2.24, 2.45) is 7.05 Å². The van der Waals surface area contributed by atoms with Crippen LogP contribution in [0.15, 0.2) is 6.20 Å². The number of hydrogen-bond acceptors (Lipinski definition) is 4. The third kappa shape index (κ3) is 3.06. The van der Waals surface area contributed by atoms with Crippen LogP contribution in [0.5, 0.6) is 0 Å². The molecule has 1 aliphatic rings. The van der Waals surface area contributed by atoms with E-state index in [4.69, 9.17) is 5.73 Å². The largest absolute Gasteiger partial charge is 0.465 e. The van der Waals surface area contributed by atoms with Gasteiger partial charge in [0.2, 0.25) is 0 Å².